The van der Waals surface area contributed by atoms with Crippen LogP contribution in [0.4, 0.5) is 15.8 Å². The van der Waals surface area contributed by atoms with Gasteiger partial charge in [0.2, 0.25) is 5.91 Å². The molecular weight excluding hydrogens is 387 g/mol. The minimum absolute atomic E-state index is 0.0164. The van der Waals surface area contributed by atoms with Crippen molar-refractivity contribution in [1.82, 2.24) is 0 Å². The molecule has 2 saturated heterocycles. The van der Waals surface area contributed by atoms with E-state index < -0.39 is 35.7 Å². The Balaban J connectivity index is 1.62. The summed E-state index contributed by atoms with van der Waals surface area (Å²) in [6.45, 7) is 0. The van der Waals surface area contributed by atoms with Crippen molar-refractivity contribution in [2.24, 2.45) is 5.92 Å². The molecular formula is C23H17FN2O4. The first kappa shape index (κ1) is 18.3. The molecule has 2 heterocycles. The van der Waals surface area contributed by atoms with E-state index in [2.05, 4.69) is 0 Å². The molecule has 150 valence electrons. The van der Waals surface area contributed by atoms with E-state index in [1.165, 1.54) is 29.3 Å². The van der Waals surface area contributed by atoms with Gasteiger partial charge in [0.1, 0.15) is 17.5 Å². The summed E-state index contributed by atoms with van der Waals surface area (Å²) >= 11 is 0. The van der Waals surface area contributed by atoms with Crippen LogP contribution >= 0.6 is 0 Å². The highest BCUT2D eigenvalue weighted by Gasteiger charge is 2.61. The number of para-hydroxylation sites is 3. The topological polar surface area (TPSA) is 70.1 Å². The lowest BCUT2D eigenvalue weighted by Gasteiger charge is -2.29. The van der Waals surface area contributed by atoms with Crippen LogP contribution in [0.3, 0.4) is 0 Å². The largest absolute Gasteiger partial charge is 0.508 e. The minimum Gasteiger partial charge on any atom is -0.508 e. The number of imide groups is 1. The normalized spacial score (nSPS) is 23.2. The Morgan fingerprint density at radius 3 is 2.23 bits per heavy atom. The number of hydrogen-bond acceptors (Lipinski definition) is 5. The van der Waals surface area contributed by atoms with Gasteiger partial charge in [-0.25, -0.2) is 14.4 Å². The average molecular weight is 404 g/mol. The number of hydroxylamine groups is 1. The van der Waals surface area contributed by atoms with Crippen LogP contribution in [0.1, 0.15) is 11.6 Å². The van der Waals surface area contributed by atoms with Crippen molar-refractivity contribution < 1.29 is 23.9 Å². The van der Waals surface area contributed by atoms with Gasteiger partial charge in [-0.2, -0.15) is 0 Å². The number of phenols is 1. The van der Waals surface area contributed by atoms with Crippen LogP contribution in [0, 0.1) is 11.7 Å². The summed E-state index contributed by atoms with van der Waals surface area (Å²) in [5.74, 6) is -2.82. The van der Waals surface area contributed by atoms with E-state index in [1.807, 2.05) is 18.2 Å². The second-order valence-corrected chi connectivity index (χ2v) is 7.18. The Kier molecular flexibility index (Phi) is 4.25. The van der Waals surface area contributed by atoms with Crippen LogP contribution in [-0.2, 0) is 14.4 Å². The van der Waals surface area contributed by atoms with Gasteiger partial charge < -0.3 is 5.11 Å². The first-order valence-corrected chi connectivity index (χ1v) is 9.49. The molecule has 0 aromatic heterocycles. The fraction of sp³-hybridized carbons (Fsp3) is 0.130. The SMILES string of the molecule is O=C1[C@@H]2[C@@H](c3ccccc3O)N(c3ccccc3)O[C@H]2C(=O)N1c1ccccc1F. The van der Waals surface area contributed by atoms with Crippen LogP contribution in [0.5, 0.6) is 5.75 Å². The number of amides is 2. The third-order valence-corrected chi connectivity index (χ3v) is 5.47. The molecule has 7 heteroatoms. The molecule has 2 aliphatic rings. The monoisotopic (exact) mass is 404 g/mol. The van der Waals surface area contributed by atoms with Crippen molar-refractivity contribution in [1.29, 1.82) is 0 Å². The Hall–Kier alpha value is -3.71. The number of halogens is 1. The molecule has 0 aliphatic carbocycles. The number of anilines is 2. The Morgan fingerprint density at radius 2 is 1.50 bits per heavy atom. The van der Waals surface area contributed by atoms with Gasteiger partial charge in [0, 0.05) is 5.56 Å². The first-order valence-electron chi connectivity index (χ1n) is 9.49. The number of hydrogen-bond donors (Lipinski definition) is 1. The van der Waals surface area contributed by atoms with Gasteiger partial charge in [-0.15, -0.1) is 0 Å². The molecule has 30 heavy (non-hydrogen) atoms. The van der Waals surface area contributed by atoms with Crippen LogP contribution < -0.4 is 9.96 Å². The highest BCUT2D eigenvalue weighted by Crippen LogP contribution is 2.49. The minimum atomic E-state index is -1.12. The van der Waals surface area contributed by atoms with Gasteiger partial charge in [0.05, 0.1) is 17.4 Å². The summed E-state index contributed by atoms with van der Waals surface area (Å²) in [4.78, 5) is 33.3. The van der Waals surface area contributed by atoms with Crippen molar-refractivity contribution >= 4 is 23.2 Å². The molecule has 2 amide bonds. The molecule has 2 aliphatic heterocycles. The summed E-state index contributed by atoms with van der Waals surface area (Å²) in [6.07, 6.45) is -1.12. The van der Waals surface area contributed by atoms with Crippen LogP contribution in [-0.4, -0.2) is 23.0 Å². The molecule has 6 nitrogen and oxygen atoms in total. The number of phenolic OH excluding ortho intramolecular Hbond substituents is 1. The Bertz CT molecular complexity index is 1140. The quantitative estimate of drug-likeness (QED) is 0.676. The fourth-order valence-electron chi connectivity index (χ4n) is 4.14. The van der Waals surface area contributed by atoms with E-state index in [0.29, 0.717) is 11.3 Å². The zero-order chi connectivity index (χ0) is 20.8. The van der Waals surface area contributed by atoms with Crippen molar-refractivity contribution in [3.8, 4) is 5.75 Å². The molecule has 3 aromatic rings. The summed E-state index contributed by atoms with van der Waals surface area (Å²) in [5.41, 5.74) is 0.983. The molecule has 3 aromatic carbocycles. The molecule has 0 bridgehead atoms. The van der Waals surface area contributed by atoms with E-state index in [4.69, 9.17) is 4.84 Å². The van der Waals surface area contributed by atoms with Crippen molar-refractivity contribution in [3.63, 3.8) is 0 Å². The first-order chi connectivity index (χ1) is 14.6. The fourth-order valence-corrected chi connectivity index (χ4v) is 4.14. The van der Waals surface area contributed by atoms with Gasteiger partial charge in [-0.05, 0) is 30.3 Å². The summed E-state index contributed by atoms with van der Waals surface area (Å²) < 4.78 is 14.4. The molecule has 3 atom stereocenters. The maximum absolute atomic E-state index is 14.4. The number of benzene rings is 3. The molecule has 0 spiro atoms. The van der Waals surface area contributed by atoms with Gasteiger partial charge in [0.25, 0.3) is 5.91 Å². The molecule has 0 saturated carbocycles. The predicted octanol–water partition coefficient (Wildman–Crippen LogP) is 3.58. The summed E-state index contributed by atoms with van der Waals surface area (Å²) in [5, 5.41) is 12.0. The highest BCUT2D eigenvalue weighted by atomic mass is 19.1. The zero-order valence-electron chi connectivity index (χ0n) is 15.7. The number of aromatic hydroxyl groups is 1. The lowest BCUT2D eigenvalue weighted by molar-refractivity contribution is -0.126. The van der Waals surface area contributed by atoms with E-state index in [0.717, 1.165) is 4.90 Å². The number of carbonyl (C=O) groups excluding carboxylic acids is 2. The van der Waals surface area contributed by atoms with E-state index in [-0.39, 0.29) is 11.4 Å². The Labute approximate surface area is 171 Å². The van der Waals surface area contributed by atoms with Crippen molar-refractivity contribution in [3.05, 3.63) is 90.2 Å². The van der Waals surface area contributed by atoms with Crippen LogP contribution in [0.25, 0.3) is 0 Å². The Morgan fingerprint density at radius 1 is 0.833 bits per heavy atom. The third kappa shape index (κ3) is 2.67. The third-order valence-electron chi connectivity index (χ3n) is 5.47. The van der Waals surface area contributed by atoms with Crippen LogP contribution in [0.2, 0.25) is 0 Å². The lowest BCUT2D eigenvalue weighted by Crippen LogP contribution is -2.37. The second kappa shape index (κ2) is 6.96. The number of fused-ring (bicyclic) bond motifs is 1. The molecule has 0 unspecified atom stereocenters. The maximum atomic E-state index is 14.4. The summed E-state index contributed by atoms with van der Waals surface area (Å²) in [6, 6.07) is 20.5. The number of rotatable bonds is 3. The molecule has 5 rings (SSSR count). The smallest absolute Gasteiger partial charge is 0.266 e. The predicted molar refractivity (Wildman–Crippen MR) is 107 cm³/mol. The van der Waals surface area contributed by atoms with Crippen LogP contribution in [0.15, 0.2) is 78.9 Å². The van der Waals surface area contributed by atoms with E-state index >= 15 is 0 Å². The zero-order valence-corrected chi connectivity index (χ0v) is 15.7. The molecule has 0 radical (unpaired) electrons. The summed E-state index contributed by atoms with van der Waals surface area (Å²) in [7, 11) is 0. The second-order valence-electron chi connectivity index (χ2n) is 7.18. The maximum Gasteiger partial charge on any atom is 0.266 e. The van der Waals surface area contributed by atoms with Gasteiger partial charge in [-0.3, -0.25) is 14.4 Å². The van der Waals surface area contributed by atoms with Crippen molar-refractivity contribution in [2.75, 3.05) is 9.96 Å². The van der Waals surface area contributed by atoms with Gasteiger partial charge in [-0.1, -0.05) is 48.5 Å². The lowest BCUT2D eigenvalue weighted by atomic mass is 9.90. The highest BCUT2D eigenvalue weighted by molar-refractivity contribution is 6.24. The standard InChI is InChI=1S/C23H17FN2O4/c24-16-11-5-6-12-17(16)25-22(28)19-20(15-10-4-7-13-18(15)27)26(30-21(19)23(25)29)14-8-2-1-3-9-14/h1-13,19-21,27H/t19-,20-,21-/m1/s1. The van der Waals surface area contributed by atoms with Crippen molar-refractivity contribution in [2.45, 2.75) is 12.1 Å². The molecule has 1 N–H and O–H groups in total. The van der Waals surface area contributed by atoms with E-state index in [1.54, 1.807) is 36.4 Å². The average Bonchev–Trinajstić information content (AvgIpc) is 3.26. The number of nitrogens with zero attached hydrogens (tertiary/aromatic N) is 2. The molecule has 2 fully saturated rings. The van der Waals surface area contributed by atoms with Gasteiger partial charge in [0.15, 0.2) is 6.10 Å². The van der Waals surface area contributed by atoms with Gasteiger partial charge >= 0.3 is 0 Å². The number of carbonyl (C=O) groups is 2. The van der Waals surface area contributed by atoms with E-state index in [9.17, 15) is 19.1 Å².